The first-order valence-corrected chi connectivity index (χ1v) is 11.5. The number of anilines is 1. The molecule has 1 fully saturated rings. The Hall–Kier alpha value is -5.01. The highest BCUT2D eigenvalue weighted by Gasteiger charge is 2.35. The van der Waals surface area contributed by atoms with Crippen LogP contribution in [0, 0.1) is 5.82 Å². The fourth-order valence-electron chi connectivity index (χ4n) is 4.57. The molecule has 1 atom stereocenters. The monoisotopic (exact) mass is 501 g/mol. The molecule has 5 heterocycles. The van der Waals surface area contributed by atoms with Crippen molar-refractivity contribution in [3.63, 3.8) is 0 Å². The number of tetrazole rings is 1. The number of pyridine rings is 1. The lowest BCUT2D eigenvalue weighted by molar-refractivity contribution is -0.128. The second kappa shape index (κ2) is 8.89. The Morgan fingerprint density at radius 3 is 2.73 bits per heavy atom. The largest absolute Gasteiger partial charge is 0.357 e. The Balaban J connectivity index is 1.24. The van der Waals surface area contributed by atoms with Crippen molar-refractivity contribution in [1.29, 1.82) is 0 Å². The number of carbonyl (C=O) groups is 2. The molecule has 0 aliphatic carbocycles. The number of carbonyl (C=O) groups excluding carboxylic acids is 2. The van der Waals surface area contributed by atoms with Gasteiger partial charge in [-0.3, -0.25) is 9.59 Å². The van der Waals surface area contributed by atoms with Crippen molar-refractivity contribution in [1.82, 2.24) is 50.1 Å². The number of aromatic nitrogens is 9. The van der Waals surface area contributed by atoms with Crippen LogP contribution in [0.4, 0.5) is 10.3 Å². The number of rotatable bonds is 5. The third-order valence-corrected chi connectivity index (χ3v) is 6.35. The minimum atomic E-state index is -0.810. The van der Waals surface area contributed by atoms with Crippen LogP contribution in [0.2, 0.25) is 0 Å². The number of Topliss-reactive ketones (excluding diaryl/α,β-unsaturated/α-hetero) is 1. The summed E-state index contributed by atoms with van der Waals surface area (Å²) in [5.41, 5.74) is 0.987. The molecule has 1 aliphatic rings. The van der Waals surface area contributed by atoms with Crippen molar-refractivity contribution in [2.75, 3.05) is 24.5 Å². The van der Waals surface area contributed by atoms with Gasteiger partial charge in [0, 0.05) is 31.9 Å². The number of nitrogens with one attached hydrogen (secondary N) is 1. The van der Waals surface area contributed by atoms with Crippen LogP contribution >= 0.6 is 0 Å². The van der Waals surface area contributed by atoms with Gasteiger partial charge in [0.05, 0.1) is 40.7 Å². The molecule has 0 saturated carbocycles. The second-order valence-electron chi connectivity index (χ2n) is 8.58. The molecule has 6 rings (SSSR count). The van der Waals surface area contributed by atoms with Crippen LogP contribution in [-0.4, -0.2) is 87.4 Å². The standard InChI is InChI=1S/C23H20FN11O2/c1-14-13-32(23-28-29-31-35(23)15-5-3-2-4-6-15)9-10-33(14)22(37)20(36)16-11-25-19-18(16)17(24)12-26-21(19)34-8-7-27-30-34/h2-8,11-12,14,25H,9-10,13H2,1H3/t14-/m1/s1. The highest BCUT2D eigenvalue weighted by Crippen LogP contribution is 2.27. The number of hydrogen-bond acceptors (Lipinski definition) is 9. The first-order chi connectivity index (χ1) is 18.0. The fourth-order valence-corrected chi connectivity index (χ4v) is 4.57. The van der Waals surface area contributed by atoms with E-state index in [0.29, 0.717) is 19.0 Å². The third kappa shape index (κ3) is 3.78. The first kappa shape index (κ1) is 22.5. The van der Waals surface area contributed by atoms with Gasteiger partial charge in [-0.2, -0.15) is 4.68 Å². The molecule has 0 bridgehead atoms. The minimum absolute atomic E-state index is 0.0211. The number of fused-ring (bicyclic) bond motifs is 1. The number of amides is 1. The molecule has 0 spiro atoms. The first-order valence-electron chi connectivity index (χ1n) is 11.5. The summed E-state index contributed by atoms with van der Waals surface area (Å²) in [5.74, 6) is -1.44. The van der Waals surface area contributed by atoms with Crippen molar-refractivity contribution in [2.24, 2.45) is 0 Å². The van der Waals surface area contributed by atoms with Crippen LogP contribution in [0.3, 0.4) is 0 Å². The van der Waals surface area contributed by atoms with Gasteiger partial charge in [-0.05, 0) is 29.5 Å². The Morgan fingerprint density at radius 1 is 1.14 bits per heavy atom. The smallest absolute Gasteiger partial charge is 0.295 e. The average Bonchev–Trinajstić information content (AvgIpc) is 3.70. The van der Waals surface area contributed by atoms with E-state index in [2.05, 4.69) is 35.8 Å². The molecule has 13 nitrogen and oxygen atoms in total. The molecule has 1 aromatic carbocycles. The van der Waals surface area contributed by atoms with Crippen molar-refractivity contribution in [2.45, 2.75) is 13.0 Å². The molecule has 5 aromatic rings. The number of halogens is 1. The highest BCUT2D eigenvalue weighted by atomic mass is 19.1. The van der Waals surface area contributed by atoms with Gasteiger partial charge in [0.25, 0.3) is 17.6 Å². The van der Waals surface area contributed by atoms with Gasteiger partial charge < -0.3 is 14.8 Å². The van der Waals surface area contributed by atoms with E-state index in [1.165, 1.54) is 22.0 Å². The molecule has 1 saturated heterocycles. The molecule has 1 amide bonds. The van der Waals surface area contributed by atoms with Crippen LogP contribution < -0.4 is 4.90 Å². The maximum Gasteiger partial charge on any atom is 0.295 e. The van der Waals surface area contributed by atoms with E-state index >= 15 is 0 Å². The van der Waals surface area contributed by atoms with Crippen LogP contribution in [0.25, 0.3) is 22.4 Å². The van der Waals surface area contributed by atoms with E-state index in [9.17, 15) is 14.0 Å². The van der Waals surface area contributed by atoms with E-state index in [-0.39, 0.29) is 34.9 Å². The zero-order chi connectivity index (χ0) is 25.5. The highest BCUT2D eigenvalue weighted by molar-refractivity contribution is 6.45. The zero-order valence-corrected chi connectivity index (χ0v) is 19.6. The second-order valence-corrected chi connectivity index (χ2v) is 8.58. The summed E-state index contributed by atoms with van der Waals surface area (Å²) in [5, 5.41) is 19.7. The van der Waals surface area contributed by atoms with Crippen LogP contribution in [-0.2, 0) is 4.79 Å². The van der Waals surface area contributed by atoms with Gasteiger partial charge in [-0.25, -0.2) is 14.1 Å². The Labute approximate surface area is 208 Å². The molecule has 4 aromatic heterocycles. The van der Waals surface area contributed by atoms with Crippen molar-refractivity contribution < 1.29 is 14.0 Å². The van der Waals surface area contributed by atoms with Crippen LogP contribution in [0.5, 0.6) is 0 Å². The van der Waals surface area contributed by atoms with Crippen LogP contribution in [0.1, 0.15) is 17.3 Å². The van der Waals surface area contributed by atoms with E-state index in [1.807, 2.05) is 42.2 Å². The number of para-hydroxylation sites is 1. The maximum atomic E-state index is 14.8. The van der Waals surface area contributed by atoms with Crippen molar-refractivity contribution in [3.05, 3.63) is 66.5 Å². The molecule has 37 heavy (non-hydrogen) atoms. The predicted molar refractivity (Wildman–Crippen MR) is 128 cm³/mol. The van der Waals surface area contributed by atoms with E-state index in [4.69, 9.17) is 0 Å². The normalized spacial score (nSPS) is 15.9. The Kier molecular flexibility index (Phi) is 5.40. The van der Waals surface area contributed by atoms with Crippen molar-refractivity contribution >= 4 is 28.5 Å². The molecule has 1 N–H and O–H groups in total. The summed E-state index contributed by atoms with van der Waals surface area (Å²) in [4.78, 5) is 36.9. The number of piperazine rings is 1. The lowest BCUT2D eigenvalue weighted by Crippen LogP contribution is -2.56. The lowest BCUT2D eigenvalue weighted by atomic mass is 10.1. The summed E-state index contributed by atoms with van der Waals surface area (Å²) < 4.78 is 17.8. The summed E-state index contributed by atoms with van der Waals surface area (Å²) in [6.45, 7) is 2.94. The molecular formula is C23H20FN11O2. The number of H-pyrrole nitrogens is 1. The van der Waals surface area contributed by atoms with Gasteiger partial charge in [0.15, 0.2) is 11.6 Å². The summed E-state index contributed by atoms with van der Waals surface area (Å²) in [6, 6.07) is 9.16. The number of benzene rings is 1. The SMILES string of the molecule is C[C@@H]1CN(c2nnnn2-c2ccccc2)CCN1C(=O)C(=O)c1c[nH]c2c(-n3ccnn3)ncc(F)c12. The van der Waals surface area contributed by atoms with E-state index in [1.54, 1.807) is 10.9 Å². The summed E-state index contributed by atoms with van der Waals surface area (Å²) in [7, 11) is 0. The van der Waals surface area contributed by atoms with Gasteiger partial charge in [-0.15, -0.1) is 5.10 Å². The lowest BCUT2D eigenvalue weighted by Gasteiger charge is -2.39. The molecule has 0 unspecified atom stereocenters. The van der Waals surface area contributed by atoms with Gasteiger partial charge in [0.2, 0.25) is 0 Å². The molecule has 14 heteroatoms. The van der Waals surface area contributed by atoms with Gasteiger partial charge >= 0.3 is 0 Å². The topological polar surface area (TPSA) is 144 Å². The van der Waals surface area contributed by atoms with Gasteiger partial charge in [0.1, 0.15) is 0 Å². The molecular weight excluding hydrogens is 481 g/mol. The number of aromatic amines is 1. The molecule has 1 aliphatic heterocycles. The molecule has 0 radical (unpaired) electrons. The van der Waals surface area contributed by atoms with Crippen LogP contribution in [0.15, 0.2) is 55.1 Å². The quantitative estimate of drug-likeness (QED) is 0.277. The Bertz CT molecular complexity index is 1600. The maximum absolute atomic E-state index is 14.8. The van der Waals surface area contributed by atoms with E-state index < -0.39 is 17.5 Å². The van der Waals surface area contributed by atoms with Gasteiger partial charge in [-0.1, -0.05) is 28.5 Å². The molecule has 186 valence electrons. The minimum Gasteiger partial charge on any atom is -0.357 e. The number of hydrogen-bond donors (Lipinski definition) is 1. The number of nitrogens with zero attached hydrogens (tertiary/aromatic N) is 10. The number of ketones is 1. The zero-order valence-electron chi connectivity index (χ0n) is 19.6. The fraction of sp³-hybridized carbons (Fsp3) is 0.217. The van der Waals surface area contributed by atoms with E-state index in [0.717, 1.165) is 11.9 Å². The predicted octanol–water partition coefficient (Wildman–Crippen LogP) is 1.18. The Morgan fingerprint density at radius 2 is 1.97 bits per heavy atom. The third-order valence-electron chi connectivity index (χ3n) is 6.35. The van der Waals surface area contributed by atoms with Crippen molar-refractivity contribution in [3.8, 4) is 11.5 Å². The average molecular weight is 501 g/mol. The summed E-state index contributed by atoms with van der Waals surface area (Å²) >= 11 is 0. The summed E-state index contributed by atoms with van der Waals surface area (Å²) in [6.07, 6.45) is 5.31.